The number of hydrogen-bond donors (Lipinski definition) is 1. The minimum absolute atomic E-state index is 0.0436. The van der Waals surface area contributed by atoms with Crippen LogP contribution in [0.4, 0.5) is 4.79 Å². The van der Waals surface area contributed by atoms with Gasteiger partial charge < -0.3 is 14.7 Å². The molecule has 0 spiro atoms. The standard InChI is InChI=1S/C19H28BrNO3/c1-13(2)19(12-18(4,5)23)10-11-21(17(22)24-19)14(3)15-6-8-16(20)9-7-15/h6-9,13-14,23H,10-12H2,1-5H3/t14?,19-/m0/s1. The summed E-state index contributed by atoms with van der Waals surface area (Å²) >= 11 is 3.43. The summed E-state index contributed by atoms with van der Waals surface area (Å²) in [7, 11) is 0. The quantitative estimate of drug-likeness (QED) is 0.767. The summed E-state index contributed by atoms with van der Waals surface area (Å²) < 4.78 is 6.93. The van der Waals surface area contributed by atoms with Crippen LogP contribution in [0.25, 0.3) is 0 Å². The number of halogens is 1. The van der Waals surface area contributed by atoms with Crippen LogP contribution in [-0.2, 0) is 4.74 Å². The molecule has 1 heterocycles. The second-order valence-electron chi connectivity index (χ2n) is 7.75. The van der Waals surface area contributed by atoms with Crippen molar-refractivity contribution in [2.75, 3.05) is 6.54 Å². The van der Waals surface area contributed by atoms with Crippen molar-refractivity contribution in [1.82, 2.24) is 4.90 Å². The van der Waals surface area contributed by atoms with Gasteiger partial charge in [0.1, 0.15) is 5.60 Å². The van der Waals surface area contributed by atoms with E-state index in [4.69, 9.17) is 4.74 Å². The van der Waals surface area contributed by atoms with Gasteiger partial charge in [0.2, 0.25) is 0 Å². The zero-order valence-electron chi connectivity index (χ0n) is 15.2. The van der Waals surface area contributed by atoms with Gasteiger partial charge in [0.15, 0.2) is 0 Å². The number of ether oxygens (including phenoxy) is 1. The normalized spacial score (nSPS) is 23.3. The minimum Gasteiger partial charge on any atom is -0.442 e. The number of carbonyl (C=O) groups excluding carboxylic acids is 1. The van der Waals surface area contributed by atoms with Gasteiger partial charge in [-0.3, -0.25) is 0 Å². The van der Waals surface area contributed by atoms with Crippen molar-refractivity contribution in [3.05, 3.63) is 34.3 Å². The molecule has 24 heavy (non-hydrogen) atoms. The zero-order chi connectivity index (χ0) is 18.1. The monoisotopic (exact) mass is 397 g/mol. The van der Waals surface area contributed by atoms with E-state index in [2.05, 4.69) is 15.9 Å². The van der Waals surface area contributed by atoms with Crippen molar-refractivity contribution >= 4 is 22.0 Å². The van der Waals surface area contributed by atoms with Gasteiger partial charge in [-0.1, -0.05) is 41.9 Å². The molecule has 1 N–H and O–H groups in total. The molecule has 1 aliphatic heterocycles. The fourth-order valence-electron chi connectivity index (χ4n) is 3.42. The molecule has 0 aromatic heterocycles. The number of benzene rings is 1. The molecular weight excluding hydrogens is 370 g/mol. The van der Waals surface area contributed by atoms with Crippen LogP contribution < -0.4 is 0 Å². The smallest absolute Gasteiger partial charge is 0.410 e. The molecule has 0 saturated carbocycles. The van der Waals surface area contributed by atoms with Gasteiger partial charge in [0.25, 0.3) is 0 Å². The second kappa shape index (κ2) is 7.04. The first-order valence-corrected chi connectivity index (χ1v) is 9.31. The van der Waals surface area contributed by atoms with Gasteiger partial charge in [-0.2, -0.15) is 0 Å². The summed E-state index contributed by atoms with van der Waals surface area (Å²) in [5.74, 6) is 0.151. The molecule has 134 valence electrons. The predicted molar refractivity (Wildman–Crippen MR) is 98.8 cm³/mol. The average Bonchev–Trinajstić information content (AvgIpc) is 2.45. The van der Waals surface area contributed by atoms with Gasteiger partial charge in [-0.25, -0.2) is 4.79 Å². The molecular formula is C19H28BrNO3. The lowest BCUT2D eigenvalue weighted by molar-refractivity contribution is -0.119. The Morgan fingerprint density at radius 2 is 1.88 bits per heavy atom. The molecule has 0 bridgehead atoms. The highest BCUT2D eigenvalue weighted by atomic mass is 79.9. The van der Waals surface area contributed by atoms with E-state index in [-0.39, 0.29) is 18.1 Å². The van der Waals surface area contributed by atoms with Crippen LogP contribution in [-0.4, -0.2) is 33.8 Å². The van der Waals surface area contributed by atoms with E-state index in [0.717, 1.165) is 16.5 Å². The Morgan fingerprint density at radius 3 is 2.33 bits per heavy atom. The highest BCUT2D eigenvalue weighted by Crippen LogP contribution is 2.39. The van der Waals surface area contributed by atoms with Crippen LogP contribution in [0.5, 0.6) is 0 Å². The van der Waals surface area contributed by atoms with Crippen LogP contribution in [0.15, 0.2) is 28.7 Å². The fraction of sp³-hybridized carbons (Fsp3) is 0.632. The SMILES string of the molecule is CC(c1ccc(Br)cc1)N1CC[C@](CC(C)(C)O)(C(C)C)OC1=O. The summed E-state index contributed by atoms with van der Waals surface area (Å²) in [6, 6.07) is 7.95. The number of carbonyl (C=O) groups is 1. The maximum absolute atomic E-state index is 12.7. The molecule has 5 heteroatoms. The molecule has 1 fully saturated rings. The first kappa shape index (κ1) is 19.3. The van der Waals surface area contributed by atoms with Crippen molar-refractivity contribution in [1.29, 1.82) is 0 Å². The molecule has 1 aliphatic rings. The van der Waals surface area contributed by atoms with Gasteiger partial charge in [-0.05, 0) is 44.4 Å². The Labute approximate surface area is 153 Å². The Morgan fingerprint density at radius 1 is 1.29 bits per heavy atom. The zero-order valence-corrected chi connectivity index (χ0v) is 16.8. The number of amides is 1. The first-order chi connectivity index (χ1) is 11.0. The molecule has 1 aromatic rings. The average molecular weight is 398 g/mol. The van der Waals surface area contributed by atoms with Crippen LogP contribution in [0.3, 0.4) is 0 Å². The van der Waals surface area contributed by atoms with Gasteiger partial charge in [-0.15, -0.1) is 0 Å². The highest BCUT2D eigenvalue weighted by molar-refractivity contribution is 9.10. The molecule has 1 amide bonds. The number of aliphatic hydroxyl groups is 1. The van der Waals surface area contributed by atoms with E-state index in [1.807, 2.05) is 45.0 Å². The van der Waals surface area contributed by atoms with Crippen LogP contribution >= 0.6 is 15.9 Å². The summed E-state index contributed by atoms with van der Waals surface area (Å²) in [5, 5.41) is 10.2. The molecule has 2 rings (SSSR count). The number of rotatable bonds is 5. The van der Waals surface area contributed by atoms with E-state index >= 15 is 0 Å². The van der Waals surface area contributed by atoms with Gasteiger partial charge in [0, 0.05) is 23.9 Å². The maximum atomic E-state index is 12.7. The lowest BCUT2D eigenvalue weighted by Crippen LogP contribution is -2.55. The summed E-state index contributed by atoms with van der Waals surface area (Å²) in [6.07, 6.45) is 0.875. The molecule has 4 nitrogen and oxygen atoms in total. The van der Waals surface area contributed by atoms with E-state index < -0.39 is 11.2 Å². The maximum Gasteiger partial charge on any atom is 0.410 e. The van der Waals surface area contributed by atoms with Crippen LogP contribution in [0.2, 0.25) is 0 Å². The van der Waals surface area contributed by atoms with Crippen molar-refractivity contribution in [3.63, 3.8) is 0 Å². The minimum atomic E-state index is -0.871. The van der Waals surface area contributed by atoms with Gasteiger partial charge in [0.05, 0.1) is 11.6 Å². The molecule has 1 unspecified atom stereocenters. The summed E-state index contributed by atoms with van der Waals surface area (Å²) in [6.45, 7) is 10.3. The second-order valence-corrected chi connectivity index (χ2v) is 8.66. The number of hydrogen-bond acceptors (Lipinski definition) is 3. The summed E-state index contributed by atoms with van der Waals surface area (Å²) in [4.78, 5) is 14.5. The third-order valence-electron chi connectivity index (χ3n) is 4.90. The summed E-state index contributed by atoms with van der Waals surface area (Å²) in [5.41, 5.74) is -0.398. The first-order valence-electron chi connectivity index (χ1n) is 8.51. The van der Waals surface area contributed by atoms with Crippen molar-refractivity contribution in [2.24, 2.45) is 5.92 Å². The molecule has 1 aromatic carbocycles. The van der Waals surface area contributed by atoms with Crippen molar-refractivity contribution in [2.45, 2.75) is 64.7 Å². The Bertz CT molecular complexity index is 579. The predicted octanol–water partition coefficient (Wildman–Crippen LogP) is 4.91. The topological polar surface area (TPSA) is 49.8 Å². The van der Waals surface area contributed by atoms with Crippen molar-refractivity contribution in [3.8, 4) is 0 Å². The fourth-order valence-corrected chi connectivity index (χ4v) is 3.69. The highest BCUT2D eigenvalue weighted by Gasteiger charge is 2.47. The van der Waals surface area contributed by atoms with Crippen LogP contribution in [0, 0.1) is 5.92 Å². The van der Waals surface area contributed by atoms with E-state index in [9.17, 15) is 9.90 Å². The van der Waals surface area contributed by atoms with Gasteiger partial charge >= 0.3 is 6.09 Å². The number of nitrogens with zero attached hydrogens (tertiary/aromatic N) is 1. The van der Waals surface area contributed by atoms with Crippen LogP contribution in [0.1, 0.15) is 59.1 Å². The molecule has 0 aliphatic carbocycles. The lowest BCUT2D eigenvalue weighted by atomic mass is 9.77. The van der Waals surface area contributed by atoms with E-state index in [1.54, 1.807) is 18.7 Å². The Hall–Kier alpha value is -1.07. The molecule has 0 radical (unpaired) electrons. The third kappa shape index (κ3) is 4.31. The lowest BCUT2D eigenvalue weighted by Gasteiger charge is -2.47. The van der Waals surface area contributed by atoms with Crippen molar-refractivity contribution < 1.29 is 14.6 Å². The van der Waals surface area contributed by atoms with E-state index in [1.165, 1.54) is 0 Å². The molecule has 1 saturated heterocycles. The van der Waals surface area contributed by atoms with E-state index in [0.29, 0.717) is 13.0 Å². The Kier molecular flexibility index (Phi) is 5.65. The number of cyclic esters (lactones) is 1. The molecule has 2 atom stereocenters. The Balaban J connectivity index is 2.16. The largest absolute Gasteiger partial charge is 0.442 e. The third-order valence-corrected chi connectivity index (χ3v) is 5.43.